The van der Waals surface area contributed by atoms with Gasteiger partial charge in [-0.2, -0.15) is 22.9 Å². The molecule has 12 heteroatoms. The lowest BCUT2D eigenvalue weighted by Gasteiger charge is -2.12. The van der Waals surface area contributed by atoms with Gasteiger partial charge in [0.05, 0.1) is 27.7 Å². The first-order valence-corrected chi connectivity index (χ1v) is 12.7. The number of halogens is 5. The van der Waals surface area contributed by atoms with E-state index in [4.69, 9.17) is 16.3 Å². The maximum atomic E-state index is 13.4. The summed E-state index contributed by atoms with van der Waals surface area (Å²) in [5, 5.41) is 7.09. The van der Waals surface area contributed by atoms with Crippen molar-refractivity contribution in [3.63, 3.8) is 0 Å². The number of fused-ring (bicyclic) bond motifs is 1. The van der Waals surface area contributed by atoms with Crippen LogP contribution in [0.25, 0.3) is 22.3 Å². The van der Waals surface area contributed by atoms with E-state index in [1.54, 1.807) is 30.3 Å². The van der Waals surface area contributed by atoms with Gasteiger partial charge in [-0.05, 0) is 66.2 Å². The highest BCUT2D eigenvalue weighted by Crippen LogP contribution is 2.32. The molecule has 0 aliphatic carbocycles. The number of hydrogen-bond donors (Lipinski definition) is 1. The number of para-hydroxylation sites is 1. The fourth-order valence-electron chi connectivity index (χ4n) is 4.00. The molecule has 0 radical (unpaired) electrons. The predicted molar refractivity (Wildman–Crippen MR) is 151 cm³/mol. The number of nitrogens with zero attached hydrogens (tertiary/aromatic N) is 3. The Kier molecular flexibility index (Phi) is 8.03. The molecule has 7 nitrogen and oxygen atoms in total. The normalized spacial score (nSPS) is 11.6. The zero-order chi connectivity index (χ0) is 29.9. The Morgan fingerprint density at radius 2 is 1.79 bits per heavy atom. The lowest BCUT2D eigenvalue weighted by molar-refractivity contribution is -0.137. The summed E-state index contributed by atoms with van der Waals surface area (Å²) in [4.78, 5) is 29.9. The van der Waals surface area contributed by atoms with E-state index in [1.807, 2.05) is 0 Å². The van der Waals surface area contributed by atoms with Crippen molar-refractivity contribution in [2.45, 2.75) is 6.18 Å². The van der Waals surface area contributed by atoms with Crippen LogP contribution in [0, 0.1) is 5.82 Å². The third-order valence-corrected chi connectivity index (χ3v) is 6.24. The summed E-state index contributed by atoms with van der Waals surface area (Å²) in [5.41, 5.74) is -0.448. The van der Waals surface area contributed by atoms with Crippen molar-refractivity contribution in [1.82, 2.24) is 9.66 Å². The molecule has 0 bridgehead atoms. The first-order valence-electron chi connectivity index (χ1n) is 12.3. The summed E-state index contributed by atoms with van der Waals surface area (Å²) >= 11 is 6.32. The Balaban J connectivity index is 1.41. The standard InChI is InChI=1S/C30H19ClF4N4O3/c31-24-13-18(11-12-26(24)42-17-27(40)37-22-8-4-7-21(32)15-22)16-36-39-28(19-5-3-6-20(14-19)30(33,34)35)38-25-10-2-1-9-23(25)29(39)41/h1-16H,17H2,(H,37,40). The predicted octanol–water partition coefficient (Wildman–Crippen LogP) is 6.77. The van der Waals surface area contributed by atoms with Gasteiger partial charge in [-0.1, -0.05) is 41.9 Å². The minimum absolute atomic E-state index is 0.0446. The van der Waals surface area contributed by atoms with Crippen LogP contribution in [-0.4, -0.2) is 28.4 Å². The maximum absolute atomic E-state index is 13.4. The van der Waals surface area contributed by atoms with E-state index in [0.29, 0.717) is 11.1 Å². The zero-order valence-electron chi connectivity index (χ0n) is 21.4. The van der Waals surface area contributed by atoms with E-state index in [1.165, 1.54) is 48.7 Å². The lowest BCUT2D eigenvalue weighted by atomic mass is 10.1. The van der Waals surface area contributed by atoms with Crippen molar-refractivity contribution >= 4 is 40.3 Å². The molecule has 1 N–H and O–H groups in total. The van der Waals surface area contributed by atoms with Gasteiger partial charge in [0, 0.05) is 11.3 Å². The van der Waals surface area contributed by atoms with E-state index in [9.17, 15) is 27.2 Å². The van der Waals surface area contributed by atoms with Crippen molar-refractivity contribution in [2.24, 2.45) is 5.10 Å². The summed E-state index contributed by atoms with van der Waals surface area (Å²) in [7, 11) is 0. The van der Waals surface area contributed by atoms with Crippen LogP contribution in [0.2, 0.25) is 5.02 Å². The first-order chi connectivity index (χ1) is 20.1. The van der Waals surface area contributed by atoms with Crippen molar-refractivity contribution in [1.29, 1.82) is 0 Å². The molecule has 0 atom stereocenters. The third-order valence-electron chi connectivity index (χ3n) is 5.95. The molecule has 1 aromatic heterocycles. The molecule has 1 heterocycles. The highest BCUT2D eigenvalue weighted by Gasteiger charge is 2.31. The molecule has 0 aliphatic rings. The Bertz CT molecular complexity index is 1890. The number of hydrogen-bond acceptors (Lipinski definition) is 5. The number of alkyl halides is 3. The van der Waals surface area contributed by atoms with Crippen LogP contribution < -0.4 is 15.6 Å². The molecule has 212 valence electrons. The molecular formula is C30H19ClF4N4O3. The number of anilines is 1. The Hall–Kier alpha value is -5.03. The monoisotopic (exact) mass is 594 g/mol. The Morgan fingerprint density at radius 3 is 2.55 bits per heavy atom. The maximum Gasteiger partial charge on any atom is 0.416 e. The molecule has 0 spiro atoms. The molecule has 0 saturated heterocycles. The molecule has 1 amide bonds. The van der Waals surface area contributed by atoms with Crippen LogP contribution in [0.3, 0.4) is 0 Å². The summed E-state index contributed by atoms with van der Waals surface area (Å²) < 4.78 is 59.9. The summed E-state index contributed by atoms with van der Waals surface area (Å²) in [5.74, 6) is -0.945. The smallest absolute Gasteiger partial charge is 0.416 e. The number of carbonyl (C=O) groups is 1. The Morgan fingerprint density at radius 1 is 1.00 bits per heavy atom. The highest BCUT2D eigenvalue weighted by atomic mass is 35.5. The lowest BCUT2D eigenvalue weighted by Crippen LogP contribution is -2.20. The van der Waals surface area contributed by atoms with Gasteiger partial charge < -0.3 is 10.1 Å². The van der Waals surface area contributed by atoms with Gasteiger partial charge in [0.1, 0.15) is 11.6 Å². The van der Waals surface area contributed by atoms with Gasteiger partial charge in [0.2, 0.25) is 0 Å². The van der Waals surface area contributed by atoms with Crippen molar-refractivity contribution < 1.29 is 27.1 Å². The Labute approximate surface area is 240 Å². The quantitative estimate of drug-likeness (QED) is 0.166. The molecule has 4 aromatic carbocycles. The third kappa shape index (κ3) is 6.47. The van der Waals surface area contributed by atoms with Crippen LogP contribution in [0.15, 0.2) is 101 Å². The zero-order valence-corrected chi connectivity index (χ0v) is 22.2. The molecule has 5 rings (SSSR count). The van der Waals surface area contributed by atoms with E-state index >= 15 is 0 Å². The molecule has 0 fully saturated rings. The number of carbonyl (C=O) groups excluding carboxylic acids is 1. The van der Waals surface area contributed by atoms with Gasteiger partial charge in [-0.3, -0.25) is 9.59 Å². The summed E-state index contributed by atoms with van der Waals surface area (Å²) in [6.45, 7) is -0.401. The molecule has 0 unspecified atom stereocenters. The molecule has 42 heavy (non-hydrogen) atoms. The topological polar surface area (TPSA) is 85.6 Å². The van der Waals surface area contributed by atoms with E-state index in [2.05, 4.69) is 15.4 Å². The van der Waals surface area contributed by atoms with Crippen LogP contribution in [0.1, 0.15) is 11.1 Å². The summed E-state index contributed by atoms with van der Waals surface area (Å²) in [6, 6.07) is 20.8. The first kappa shape index (κ1) is 28.5. The second-order valence-electron chi connectivity index (χ2n) is 8.93. The molecule has 0 aliphatic heterocycles. The average Bonchev–Trinajstić information content (AvgIpc) is 2.96. The van der Waals surface area contributed by atoms with Crippen LogP contribution in [0.5, 0.6) is 5.75 Å². The largest absolute Gasteiger partial charge is 0.482 e. The van der Waals surface area contributed by atoms with E-state index in [0.717, 1.165) is 22.9 Å². The van der Waals surface area contributed by atoms with Gasteiger partial charge in [-0.25, -0.2) is 9.37 Å². The van der Waals surface area contributed by atoms with Gasteiger partial charge in [0.15, 0.2) is 12.4 Å². The minimum atomic E-state index is -4.60. The number of rotatable bonds is 7. The molecular weight excluding hydrogens is 576 g/mol. The SMILES string of the molecule is O=C(COc1ccc(C=Nn2c(-c3cccc(C(F)(F)F)c3)nc3ccccc3c2=O)cc1Cl)Nc1cccc(F)c1. The van der Waals surface area contributed by atoms with E-state index in [-0.39, 0.29) is 33.2 Å². The van der Waals surface area contributed by atoms with Gasteiger partial charge in [0.25, 0.3) is 11.5 Å². The second-order valence-corrected chi connectivity index (χ2v) is 9.34. The number of amides is 1. The van der Waals surface area contributed by atoms with E-state index < -0.39 is 35.6 Å². The number of ether oxygens (including phenoxy) is 1. The summed E-state index contributed by atoms with van der Waals surface area (Å²) in [6.07, 6.45) is -3.30. The van der Waals surface area contributed by atoms with Crippen LogP contribution in [0.4, 0.5) is 23.2 Å². The highest BCUT2D eigenvalue weighted by molar-refractivity contribution is 6.32. The van der Waals surface area contributed by atoms with Gasteiger partial charge >= 0.3 is 6.18 Å². The fourth-order valence-corrected chi connectivity index (χ4v) is 4.24. The van der Waals surface area contributed by atoms with Crippen molar-refractivity contribution in [3.8, 4) is 17.1 Å². The number of benzene rings is 4. The number of aromatic nitrogens is 2. The van der Waals surface area contributed by atoms with Crippen molar-refractivity contribution in [2.75, 3.05) is 11.9 Å². The van der Waals surface area contributed by atoms with Crippen molar-refractivity contribution in [3.05, 3.63) is 123 Å². The second kappa shape index (κ2) is 11.8. The fraction of sp³-hybridized carbons (Fsp3) is 0.0667. The number of nitrogens with one attached hydrogen (secondary N) is 1. The molecule has 5 aromatic rings. The van der Waals surface area contributed by atoms with Gasteiger partial charge in [-0.15, -0.1) is 0 Å². The minimum Gasteiger partial charge on any atom is -0.482 e. The molecule has 0 saturated carbocycles. The average molecular weight is 595 g/mol. The van der Waals surface area contributed by atoms with Crippen LogP contribution >= 0.6 is 11.6 Å². The van der Waals surface area contributed by atoms with Crippen LogP contribution in [-0.2, 0) is 11.0 Å².